The third kappa shape index (κ3) is 4.98. The summed E-state index contributed by atoms with van der Waals surface area (Å²) in [7, 11) is -0.976. The summed E-state index contributed by atoms with van der Waals surface area (Å²) in [6.45, 7) is 1.32. The van der Waals surface area contributed by atoms with Crippen LogP contribution in [0.4, 0.5) is 13.2 Å². The van der Waals surface area contributed by atoms with E-state index in [0.717, 1.165) is 16.9 Å². The smallest absolute Gasteiger partial charge is 0.313 e. The summed E-state index contributed by atoms with van der Waals surface area (Å²) in [5.74, 6) is 0. The molecule has 1 atom stereocenters. The normalized spacial score (nSPS) is 14.4. The lowest BCUT2D eigenvalue weighted by atomic mass is 10.1. The Bertz CT molecular complexity index is 556. The minimum atomic E-state index is -4.38. The molecule has 0 spiro atoms. The molecule has 0 aromatic heterocycles. The first-order valence-electron chi connectivity index (χ1n) is 6.38. The highest BCUT2D eigenvalue weighted by molar-refractivity contribution is 7.89. The summed E-state index contributed by atoms with van der Waals surface area (Å²) in [6.07, 6.45) is -5.55. The van der Waals surface area contributed by atoms with E-state index in [1.165, 1.54) is 12.1 Å². The average Bonchev–Trinajstić information content (AvgIpc) is 2.43. The van der Waals surface area contributed by atoms with E-state index in [-0.39, 0.29) is 10.9 Å². The number of halogens is 3. The highest BCUT2D eigenvalue weighted by atomic mass is 32.2. The molecule has 0 saturated heterocycles. The predicted molar refractivity (Wildman–Crippen MR) is 74.4 cm³/mol. The summed E-state index contributed by atoms with van der Waals surface area (Å²) >= 11 is 0. The molecular formula is C13H19F3N2O2S. The Kier molecular flexibility index (Phi) is 5.77. The number of sulfonamides is 1. The number of nitrogens with zero attached hydrogens (tertiary/aromatic N) is 1. The molecule has 8 heteroatoms. The Morgan fingerprint density at radius 3 is 2.19 bits per heavy atom. The van der Waals surface area contributed by atoms with Crippen molar-refractivity contribution in [3.8, 4) is 0 Å². The van der Waals surface area contributed by atoms with Crippen LogP contribution in [0, 0.1) is 0 Å². The van der Waals surface area contributed by atoms with Crippen LogP contribution in [0.1, 0.15) is 24.9 Å². The van der Waals surface area contributed by atoms with Gasteiger partial charge in [0.25, 0.3) is 0 Å². The highest BCUT2D eigenvalue weighted by Gasteiger charge is 2.30. The number of alkyl halides is 3. The lowest BCUT2D eigenvalue weighted by Crippen LogP contribution is -2.30. The minimum absolute atomic E-state index is 0.0146. The minimum Gasteiger partial charge on any atom is -0.313 e. The Labute approximate surface area is 123 Å². The van der Waals surface area contributed by atoms with Gasteiger partial charge in [-0.1, -0.05) is 12.1 Å². The number of rotatable bonds is 6. The molecule has 1 rings (SSSR count). The number of nitrogens with one attached hydrogen (secondary N) is 1. The zero-order valence-corrected chi connectivity index (χ0v) is 12.9. The SMILES string of the molecule is CNC(C)c1ccc(S(=O)(=O)N(C)CCC(F)(F)F)cc1. The van der Waals surface area contributed by atoms with Gasteiger partial charge in [-0.25, -0.2) is 12.7 Å². The molecule has 1 unspecified atom stereocenters. The second kappa shape index (κ2) is 6.76. The third-order valence-electron chi connectivity index (χ3n) is 3.23. The van der Waals surface area contributed by atoms with E-state index in [9.17, 15) is 21.6 Å². The maximum absolute atomic E-state index is 12.2. The molecule has 0 heterocycles. The molecular weight excluding hydrogens is 305 g/mol. The van der Waals surface area contributed by atoms with Gasteiger partial charge in [0.05, 0.1) is 11.3 Å². The van der Waals surface area contributed by atoms with Gasteiger partial charge in [-0.3, -0.25) is 0 Å². The first kappa shape index (κ1) is 17.9. The van der Waals surface area contributed by atoms with Gasteiger partial charge in [-0.2, -0.15) is 13.2 Å². The van der Waals surface area contributed by atoms with Crippen LogP contribution < -0.4 is 5.32 Å². The molecule has 1 aromatic carbocycles. The lowest BCUT2D eigenvalue weighted by molar-refractivity contribution is -0.135. The molecule has 4 nitrogen and oxygen atoms in total. The van der Waals surface area contributed by atoms with Crippen molar-refractivity contribution in [1.29, 1.82) is 0 Å². The monoisotopic (exact) mass is 324 g/mol. The number of hydrogen-bond acceptors (Lipinski definition) is 3. The quantitative estimate of drug-likeness (QED) is 0.875. The molecule has 0 aliphatic rings. The Balaban J connectivity index is 2.87. The summed E-state index contributed by atoms with van der Waals surface area (Å²) in [6, 6.07) is 6.16. The summed E-state index contributed by atoms with van der Waals surface area (Å²) in [5, 5.41) is 3.01. The summed E-state index contributed by atoms with van der Waals surface area (Å²) < 4.78 is 61.5. The van der Waals surface area contributed by atoms with Crippen LogP contribution in [0.25, 0.3) is 0 Å². The summed E-state index contributed by atoms with van der Waals surface area (Å²) in [4.78, 5) is -0.0146. The van der Waals surface area contributed by atoms with Crippen molar-refractivity contribution in [2.24, 2.45) is 0 Å². The van der Waals surface area contributed by atoms with Crippen molar-refractivity contribution >= 4 is 10.0 Å². The molecule has 0 aliphatic carbocycles. The van der Waals surface area contributed by atoms with Gasteiger partial charge < -0.3 is 5.32 Å². The maximum Gasteiger partial charge on any atom is 0.390 e. The third-order valence-corrected chi connectivity index (χ3v) is 5.10. The number of hydrogen-bond donors (Lipinski definition) is 1. The van der Waals surface area contributed by atoms with Crippen LogP contribution in [0.3, 0.4) is 0 Å². The summed E-state index contributed by atoms with van der Waals surface area (Å²) in [5.41, 5.74) is 0.898. The first-order chi connectivity index (χ1) is 9.58. The van der Waals surface area contributed by atoms with E-state index >= 15 is 0 Å². The van der Waals surface area contributed by atoms with Gasteiger partial charge in [0.1, 0.15) is 0 Å². The molecule has 0 radical (unpaired) electrons. The fourth-order valence-corrected chi connectivity index (χ4v) is 2.85. The van der Waals surface area contributed by atoms with Gasteiger partial charge in [-0.05, 0) is 31.7 Å². The molecule has 120 valence electrons. The molecule has 21 heavy (non-hydrogen) atoms. The lowest BCUT2D eigenvalue weighted by Gasteiger charge is -2.18. The van der Waals surface area contributed by atoms with E-state index in [1.54, 1.807) is 19.2 Å². The Morgan fingerprint density at radius 1 is 1.24 bits per heavy atom. The fraction of sp³-hybridized carbons (Fsp3) is 0.538. The second-order valence-electron chi connectivity index (χ2n) is 4.77. The Hall–Kier alpha value is -1.12. The van der Waals surface area contributed by atoms with Crippen molar-refractivity contribution in [3.05, 3.63) is 29.8 Å². The van der Waals surface area contributed by atoms with Crippen LogP contribution in [-0.4, -0.2) is 39.5 Å². The zero-order valence-electron chi connectivity index (χ0n) is 12.1. The van der Waals surface area contributed by atoms with Gasteiger partial charge in [0.15, 0.2) is 0 Å². The standard InChI is InChI=1S/C13H19F3N2O2S/c1-10(17-2)11-4-6-12(7-5-11)21(19,20)18(3)9-8-13(14,15)16/h4-7,10,17H,8-9H2,1-3H3. The molecule has 0 saturated carbocycles. The van der Waals surface area contributed by atoms with E-state index in [1.807, 2.05) is 6.92 Å². The molecule has 0 amide bonds. The van der Waals surface area contributed by atoms with E-state index in [0.29, 0.717) is 0 Å². The second-order valence-corrected chi connectivity index (χ2v) is 6.82. The zero-order chi connectivity index (χ0) is 16.3. The van der Waals surface area contributed by atoms with Gasteiger partial charge >= 0.3 is 6.18 Å². The van der Waals surface area contributed by atoms with Crippen LogP contribution >= 0.6 is 0 Å². The largest absolute Gasteiger partial charge is 0.390 e. The van der Waals surface area contributed by atoms with Crippen molar-refractivity contribution in [2.45, 2.75) is 30.5 Å². The van der Waals surface area contributed by atoms with E-state index < -0.39 is 29.2 Å². The Morgan fingerprint density at radius 2 is 1.76 bits per heavy atom. The highest BCUT2D eigenvalue weighted by Crippen LogP contribution is 2.22. The van der Waals surface area contributed by atoms with Crippen LogP contribution in [0.15, 0.2) is 29.2 Å². The van der Waals surface area contributed by atoms with Gasteiger partial charge in [-0.15, -0.1) is 0 Å². The number of benzene rings is 1. The van der Waals surface area contributed by atoms with Crippen LogP contribution in [0.5, 0.6) is 0 Å². The maximum atomic E-state index is 12.2. The van der Waals surface area contributed by atoms with Gasteiger partial charge in [0, 0.05) is 19.6 Å². The topological polar surface area (TPSA) is 49.4 Å². The fourth-order valence-electron chi connectivity index (χ4n) is 1.68. The van der Waals surface area contributed by atoms with Crippen molar-refractivity contribution in [2.75, 3.05) is 20.6 Å². The molecule has 0 fully saturated rings. The molecule has 1 N–H and O–H groups in total. The van der Waals surface area contributed by atoms with Crippen molar-refractivity contribution in [1.82, 2.24) is 9.62 Å². The molecule has 0 bridgehead atoms. The van der Waals surface area contributed by atoms with E-state index in [4.69, 9.17) is 0 Å². The molecule has 0 aliphatic heterocycles. The van der Waals surface area contributed by atoms with E-state index in [2.05, 4.69) is 5.32 Å². The van der Waals surface area contributed by atoms with Crippen LogP contribution in [-0.2, 0) is 10.0 Å². The molecule has 1 aromatic rings. The average molecular weight is 324 g/mol. The van der Waals surface area contributed by atoms with Gasteiger partial charge in [0.2, 0.25) is 10.0 Å². The predicted octanol–water partition coefficient (Wildman–Crippen LogP) is 2.54. The first-order valence-corrected chi connectivity index (χ1v) is 7.82. The van der Waals surface area contributed by atoms with Crippen LogP contribution in [0.2, 0.25) is 0 Å². The van der Waals surface area contributed by atoms with Crippen molar-refractivity contribution < 1.29 is 21.6 Å². The van der Waals surface area contributed by atoms with Crippen molar-refractivity contribution in [3.63, 3.8) is 0 Å².